The van der Waals surface area contributed by atoms with Gasteiger partial charge in [-0.2, -0.15) is 4.31 Å². The topological polar surface area (TPSA) is 66.5 Å². The van der Waals surface area contributed by atoms with E-state index in [2.05, 4.69) is 5.32 Å². The summed E-state index contributed by atoms with van der Waals surface area (Å²) in [6.07, 6.45) is 1.10. The van der Waals surface area contributed by atoms with E-state index in [4.69, 9.17) is 0 Å². The lowest BCUT2D eigenvalue weighted by molar-refractivity contribution is -0.119. The Bertz CT molecular complexity index is 242. The Morgan fingerprint density at radius 3 is 2.73 bits per heavy atom. The Labute approximate surface area is 65.6 Å². The Hall–Kier alpha value is -1.17. The third kappa shape index (κ3) is 1.30. The number of carbonyl (C=O) groups is 2. The van der Waals surface area contributed by atoms with E-state index in [0.717, 1.165) is 11.5 Å². The van der Waals surface area contributed by atoms with Crippen LogP contribution in [0.2, 0.25) is 0 Å². The third-order valence-electron chi connectivity index (χ3n) is 1.11. The molecule has 1 aliphatic rings. The molecular formula is C5H6N2O3S. The van der Waals surface area contributed by atoms with E-state index in [9.17, 15) is 13.8 Å². The molecule has 1 unspecified atom stereocenters. The van der Waals surface area contributed by atoms with E-state index in [1.807, 2.05) is 0 Å². The standard InChI is InChI=1S/C5H6N2O3S/c1-6-5(9)7-4(8)2-3-11(7)10/h2-3H,1H3,(H,6,9). The summed E-state index contributed by atoms with van der Waals surface area (Å²) < 4.78 is 11.5. The molecule has 0 aromatic carbocycles. The Balaban J connectivity index is 2.82. The molecule has 11 heavy (non-hydrogen) atoms. The summed E-state index contributed by atoms with van der Waals surface area (Å²) in [4.78, 5) is 21.6. The molecule has 6 heteroatoms. The van der Waals surface area contributed by atoms with Crippen LogP contribution in [0.4, 0.5) is 4.79 Å². The molecule has 0 saturated carbocycles. The Morgan fingerprint density at radius 2 is 2.36 bits per heavy atom. The summed E-state index contributed by atoms with van der Waals surface area (Å²) in [5.41, 5.74) is 0. The monoisotopic (exact) mass is 174 g/mol. The second-order valence-corrected chi connectivity index (χ2v) is 2.96. The van der Waals surface area contributed by atoms with Gasteiger partial charge in [0.2, 0.25) is 0 Å². The highest BCUT2D eigenvalue weighted by Gasteiger charge is 2.27. The van der Waals surface area contributed by atoms with Crippen LogP contribution in [0.25, 0.3) is 0 Å². The molecule has 0 spiro atoms. The molecule has 60 valence electrons. The number of rotatable bonds is 0. The summed E-state index contributed by atoms with van der Waals surface area (Å²) in [5, 5.41) is 3.37. The predicted octanol–water partition coefficient (Wildman–Crippen LogP) is -0.655. The maximum absolute atomic E-state index is 10.9. The van der Waals surface area contributed by atoms with E-state index >= 15 is 0 Å². The molecule has 0 bridgehead atoms. The van der Waals surface area contributed by atoms with Crippen molar-refractivity contribution in [3.05, 3.63) is 11.5 Å². The van der Waals surface area contributed by atoms with Gasteiger partial charge in [-0.05, 0) is 0 Å². The average Bonchev–Trinajstić information content (AvgIpc) is 2.30. The summed E-state index contributed by atoms with van der Waals surface area (Å²) in [7, 11) is -0.263. The minimum Gasteiger partial charge on any atom is -0.340 e. The van der Waals surface area contributed by atoms with Crippen LogP contribution in [0.1, 0.15) is 0 Å². The zero-order valence-electron chi connectivity index (χ0n) is 5.73. The summed E-state index contributed by atoms with van der Waals surface area (Å²) in [6.45, 7) is 0. The minimum atomic E-state index is -1.63. The van der Waals surface area contributed by atoms with Crippen molar-refractivity contribution in [2.24, 2.45) is 0 Å². The lowest BCUT2D eigenvalue weighted by atomic mass is 10.6. The van der Waals surface area contributed by atoms with Gasteiger partial charge in [-0.15, -0.1) is 0 Å². The van der Waals surface area contributed by atoms with Crippen molar-refractivity contribution in [1.29, 1.82) is 0 Å². The van der Waals surface area contributed by atoms with E-state index in [0.29, 0.717) is 4.31 Å². The van der Waals surface area contributed by atoms with E-state index in [1.54, 1.807) is 0 Å². The quantitative estimate of drug-likeness (QED) is 0.530. The molecule has 1 heterocycles. The van der Waals surface area contributed by atoms with Crippen LogP contribution in [0.5, 0.6) is 0 Å². The first-order valence-corrected chi connectivity index (χ1v) is 3.98. The zero-order valence-corrected chi connectivity index (χ0v) is 6.55. The lowest BCUT2D eigenvalue weighted by Crippen LogP contribution is -2.39. The zero-order chi connectivity index (χ0) is 8.43. The molecule has 0 radical (unpaired) electrons. The van der Waals surface area contributed by atoms with Gasteiger partial charge >= 0.3 is 6.03 Å². The Morgan fingerprint density at radius 1 is 1.73 bits per heavy atom. The van der Waals surface area contributed by atoms with Crippen LogP contribution in [0.15, 0.2) is 11.5 Å². The first kappa shape index (κ1) is 7.93. The van der Waals surface area contributed by atoms with Gasteiger partial charge in [-0.3, -0.25) is 4.79 Å². The molecule has 0 aromatic rings. The van der Waals surface area contributed by atoms with Crippen molar-refractivity contribution in [3.63, 3.8) is 0 Å². The highest BCUT2D eigenvalue weighted by Crippen LogP contribution is 2.07. The highest BCUT2D eigenvalue weighted by molar-refractivity contribution is 7.87. The largest absolute Gasteiger partial charge is 0.340 e. The molecule has 1 rings (SSSR count). The highest BCUT2D eigenvalue weighted by atomic mass is 32.2. The molecule has 5 nitrogen and oxygen atoms in total. The van der Waals surface area contributed by atoms with E-state index in [-0.39, 0.29) is 0 Å². The van der Waals surface area contributed by atoms with Gasteiger partial charge in [0.05, 0.1) is 0 Å². The molecule has 0 aromatic heterocycles. The van der Waals surface area contributed by atoms with Crippen molar-refractivity contribution in [2.75, 3.05) is 7.05 Å². The van der Waals surface area contributed by atoms with Crippen LogP contribution in [-0.4, -0.2) is 27.5 Å². The minimum absolute atomic E-state index is 0.553. The molecular weight excluding hydrogens is 168 g/mol. The maximum Gasteiger partial charge on any atom is 0.336 e. The first-order valence-electron chi connectivity index (χ1n) is 2.81. The number of nitrogens with one attached hydrogen (secondary N) is 1. The number of nitrogens with zero attached hydrogens (tertiary/aromatic N) is 1. The van der Waals surface area contributed by atoms with Gasteiger partial charge in [0, 0.05) is 18.5 Å². The first-order chi connectivity index (χ1) is 5.16. The normalized spacial score (nSPS) is 22.5. The number of hydrogen-bond donors (Lipinski definition) is 1. The number of imide groups is 1. The lowest BCUT2D eigenvalue weighted by Gasteiger charge is -2.09. The van der Waals surface area contributed by atoms with E-state index in [1.165, 1.54) is 7.05 Å². The fraction of sp³-hybridized carbons (Fsp3) is 0.200. The van der Waals surface area contributed by atoms with Gasteiger partial charge in [0.25, 0.3) is 5.91 Å². The smallest absolute Gasteiger partial charge is 0.336 e. The molecule has 1 atom stereocenters. The van der Waals surface area contributed by atoms with Gasteiger partial charge < -0.3 is 5.32 Å². The van der Waals surface area contributed by atoms with Gasteiger partial charge in [0.1, 0.15) is 0 Å². The van der Waals surface area contributed by atoms with Crippen molar-refractivity contribution >= 4 is 22.9 Å². The van der Waals surface area contributed by atoms with Crippen LogP contribution in [0.3, 0.4) is 0 Å². The summed E-state index contributed by atoms with van der Waals surface area (Å²) in [5.74, 6) is -0.553. The SMILES string of the molecule is CNC(=O)N1C(=O)C=CS1=O. The molecule has 1 aliphatic heterocycles. The number of carbonyl (C=O) groups excluding carboxylic acids is 2. The molecule has 1 N–H and O–H groups in total. The third-order valence-corrected chi connectivity index (χ3v) is 2.18. The van der Waals surface area contributed by atoms with Crippen molar-refractivity contribution in [2.45, 2.75) is 0 Å². The number of hydrogen-bond acceptors (Lipinski definition) is 3. The second-order valence-electron chi connectivity index (χ2n) is 1.77. The van der Waals surface area contributed by atoms with Gasteiger partial charge in [0.15, 0.2) is 11.0 Å². The fourth-order valence-corrected chi connectivity index (χ4v) is 1.46. The maximum atomic E-state index is 10.9. The molecule has 0 saturated heterocycles. The summed E-state index contributed by atoms with van der Waals surface area (Å²) in [6, 6.07) is -0.654. The summed E-state index contributed by atoms with van der Waals surface area (Å²) >= 11 is 0. The van der Waals surface area contributed by atoms with Crippen LogP contribution < -0.4 is 5.32 Å². The number of amides is 3. The Kier molecular flexibility index (Phi) is 2.04. The predicted molar refractivity (Wildman–Crippen MR) is 38.6 cm³/mol. The fourth-order valence-electron chi connectivity index (χ4n) is 0.617. The van der Waals surface area contributed by atoms with Gasteiger partial charge in [-0.1, -0.05) is 0 Å². The molecule has 0 fully saturated rings. The molecule has 3 amide bonds. The van der Waals surface area contributed by atoms with Crippen LogP contribution >= 0.6 is 0 Å². The van der Waals surface area contributed by atoms with Crippen molar-refractivity contribution < 1.29 is 13.8 Å². The second kappa shape index (κ2) is 2.83. The number of urea groups is 1. The van der Waals surface area contributed by atoms with Crippen LogP contribution in [-0.2, 0) is 15.8 Å². The van der Waals surface area contributed by atoms with Crippen molar-refractivity contribution in [3.8, 4) is 0 Å². The van der Waals surface area contributed by atoms with Gasteiger partial charge in [-0.25, -0.2) is 9.00 Å². The van der Waals surface area contributed by atoms with Crippen LogP contribution in [0, 0.1) is 0 Å². The van der Waals surface area contributed by atoms with E-state index < -0.39 is 22.9 Å². The molecule has 0 aliphatic carbocycles. The average molecular weight is 174 g/mol. The van der Waals surface area contributed by atoms with Crippen molar-refractivity contribution in [1.82, 2.24) is 9.62 Å².